The van der Waals surface area contributed by atoms with Crippen molar-refractivity contribution in [2.75, 3.05) is 26.2 Å². The molecule has 1 aromatic carbocycles. The van der Waals surface area contributed by atoms with Crippen LogP contribution < -0.4 is 10.6 Å². The summed E-state index contributed by atoms with van der Waals surface area (Å²) in [6.45, 7) is 6.72. The minimum absolute atomic E-state index is 0.213. The van der Waals surface area contributed by atoms with Crippen LogP contribution in [0.5, 0.6) is 0 Å². The molecule has 0 atom stereocenters. The number of likely N-dealkylation sites (tertiary alicyclic amines) is 1. The van der Waals surface area contributed by atoms with Crippen molar-refractivity contribution >= 4 is 6.03 Å². The summed E-state index contributed by atoms with van der Waals surface area (Å²) in [6, 6.07) is 6.24. The van der Waals surface area contributed by atoms with Crippen LogP contribution in [0.3, 0.4) is 0 Å². The highest BCUT2D eigenvalue weighted by Gasteiger charge is 2.14. The lowest BCUT2D eigenvalue weighted by molar-refractivity contribution is 0.189. The zero-order valence-corrected chi connectivity index (χ0v) is 14.0. The minimum Gasteiger partial charge on any atom is -0.338 e. The van der Waals surface area contributed by atoms with Crippen LogP contribution in [0.15, 0.2) is 24.3 Å². The van der Waals surface area contributed by atoms with Gasteiger partial charge in [-0.15, -0.1) is 0 Å². The molecule has 1 aliphatic rings. The molecule has 128 valence electrons. The third kappa shape index (κ3) is 6.57. The molecule has 1 aliphatic heterocycles. The van der Waals surface area contributed by atoms with E-state index < -0.39 is 0 Å². The maximum absolute atomic E-state index is 13.4. The number of nitrogens with zero attached hydrogens (tertiary/aromatic N) is 1. The first-order valence-electron chi connectivity index (χ1n) is 8.62. The van der Waals surface area contributed by atoms with Crippen molar-refractivity contribution in [3.63, 3.8) is 0 Å². The Morgan fingerprint density at radius 2 is 1.96 bits per heavy atom. The molecule has 0 saturated carbocycles. The van der Waals surface area contributed by atoms with Gasteiger partial charge in [0.25, 0.3) is 0 Å². The molecule has 4 nitrogen and oxygen atoms in total. The molecule has 0 unspecified atom stereocenters. The minimum atomic E-state index is -0.288. The number of carbonyl (C=O) groups excluding carboxylic acids is 1. The van der Waals surface area contributed by atoms with Crippen molar-refractivity contribution in [1.29, 1.82) is 0 Å². The zero-order chi connectivity index (χ0) is 16.5. The van der Waals surface area contributed by atoms with Gasteiger partial charge in [0, 0.05) is 18.7 Å². The van der Waals surface area contributed by atoms with Crippen molar-refractivity contribution in [3.05, 3.63) is 35.6 Å². The summed E-state index contributed by atoms with van der Waals surface area (Å²) in [5.41, 5.74) is 0.502. The molecule has 23 heavy (non-hydrogen) atoms. The molecule has 0 aliphatic carbocycles. The third-order valence-electron chi connectivity index (χ3n) is 4.46. The number of halogens is 1. The number of carbonyl (C=O) groups is 1. The van der Waals surface area contributed by atoms with Crippen molar-refractivity contribution < 1.29 is 9.18 Å². The standard InChI is InChI=1S/C18H28FN3O/c1-15-8-12-22(13-9-15)11-5-4-10-20-18(23)21-14-16-6-2-3-7-17(16)19/h2-3,6-7,15H,4-5,8-14H2,1H3,(H2,20,21,23). The number of nitrogens with one attached hydrogen (secondary N) is 2. The molecule has 1 fully saturated rings. The van der Waals surface area contributed by atoms with Crippen LogP contribution in [0.4, 0.5) is 9.18 Å². The van der Waals surface area contributed by atoms with Crippen molar-refractivity contribution in [3.8, 4) is 0 Å². The van der Waals surface area contributed by atoms with E-state index in [1.54, 1.807) is 18.2 Å². The number of amides is 2. The highest BCUT2D eigenvalue weighted by Crippen LogP contribution is 2.16. The van der Waals surface area contributed by atoms with Gasteiger partial charge in [-0.1, -0.05) is 25.1 Å². The monoisotopic (exact) mass is 321 g/mol. The predicted octanol–water partition coefficient (Wildman–Crippen LogP) is 3.14. The lowest BCUT2D eigenvalue weighted by Crippen LogP contribution is -2.36. The molecule has 2 N–H and O–H groups in total. The molecule has 2 rings (SSSR count). The fourth-order valence-corrected chi connectivity index (χ4v) is 2.83. The van der Waals surface area contributed by atoms with E-state index in [0.29, 0.717) is 12.1 Å². The zero-order valence-electron chi connectivity index (χ0n) is 14.0. The van der Waals surface area contributed by atoms with E-state index in [9.17, 15) is 9.18 Å². The number of hydrogen-bond acceptors (Lipinski definition) is 2. The fraction of sp³-hybridized carbons (Fsp3) is 0.611. The topological polar surface area (TPSA) is 44.4 Å². The fourth-order valence-electron chi connectivity index (χ4n) is 2.83. The first kappa shape index (κ1) is 17.7. The summed E-state index contributed by atoms with van der Waals surface area (Å²) >= 11 is 0. The van der Waals surface area contributed by atoms with Gasteiger partial charge in [-0.05, 0) is 57.3 Å². The highest BCUT2D eigenvalue weighted by atomic mass is 19.1. The van der Waals surface area contributed by atoms with E-state index in [-0.39, 0.29) is 18.4 Å². The van der Waals surface area contributed by atoms with Crippen LogP contribution >= 0.6 is 0 Å². The summed E-state index contributed by atoms with van der Waals surface area (Å²) < 4.78 is 13.4. The van der Waals surface area contributed by atoms with Crippen LogP contribution in [0.1, 0.15) is 38.2 Å². The van der Waals surface area contributed by atoms with E-state index in [2.05, 4.69) is 22.5 Å². The predicted molar refractivity (Wildman–Crippen MR) is 90.7 cm³/mol. The van der Waals surface area contributed by atoms with Gasteiger partial charge in [-0.25, -0.2) is 9.18 Å². The number of rotatable bonds is 7. The highest BCUT2D eigenvalue weighted by molar-refractivity contribution is 5.73. The summed E-state index contributed by atoms with van der Waals surface area (Å²) in [7, 11) is 0. The van der Waals surface area contributed by atoms with E-state index in [1.165, 1.54) is 32.0 Å². The summed E-state index contributed by atoms with van der Waals surface area (Å²) in [4.78, 5) is 14.2. The van der Waals surface area contributed by atoms with Crippen LogP contribution in [-0.4, -0.2) is 37.1 Å². The number of hydrogen-bond donors (Lipinski definition) is 2. The van der Waals surface area contributed by atoms with Gasteiger partial charge >= 0.3 is 6.03 Å². The molecule has 1 saturated heterocycles. The Balaban J connectivity index is 1.51. The average molecular weight is 321 g/mol. The summed E-state index contributed by atoms with van der Waals surface area (Å²) in [5, 5.41) is 5.51. The summed E-state index contributed by atoms with van der Waals surface area (Å²) in [5.74, 6) is 0.578. The molecule has 0 spiro atoms. The molecule has 1 heterocycles. The van der Waals surface area contributed by atoms with Crippen LogP contribution in [-0.2, 0) is 6.54 Å². The third-order valence-corrected chi connectivity index (χ3v) is 4.46. The van der Waals surface area contributed by atoms with Gasteiger partial charge in [-0.3, -0.25) is 0 Å². The number of unbranched alkanes of at least 4 members (excludes halogenated alkanes) is 1. The first-order valence-corrected chi connectivity index (χ1v) is 8.62. The lowest BCUT2D eigenvalue weighted by Gasteiger charge is -2.30. The lowest BCUT2D eigenvalue weighted by atomic mass is 9.99. The Hall–Kier alpha value is -1.62. The van der Waals surface area contributed by atoms with Crippen LogP contribution in [0, 0.1) is 11.7 Å². The van der Waals surface area contributed by atoms with Gasteiger partial charge in [0.15, 0.2) is 0 Å². The van der Waals surface area contributed by atoms with Gasteiger partial charge in [-0.2, -0.15) is 0 Å². The SMILES string of the molecule is CC1CCN(CCCCNC(=O)NCc2ccccc2F)CC1. The first-order chi connectivity index (χ1) is 11.1. The second-order valence-electron chi connectivity index (χ2n) is 6.43. The molecule has 1 aromatic rings. The Morgan fingerprint density at radius 1 is 1.22 bits per heavy atom. The number of urea groups is 1. The summed E-state index contributed by atoms with van der Waals surface area (Å²) in [6.07, 6.45) is 4.68. The van der Waals surface area contributed by atoms with E-state index in [0.717, 1.165) is 25.3 Å². The van der Waals surface area contributed by atoms with Crippen LogP contribution in [0.25, 0.3) is 0 Å². The maximum Gasteiger partial charge on any atom is 0.315 e. The largest absolute Gasteiger partial charge is 0.338 e. The Bertz CT molecular complexity index is 487. The molecular formula is C18H28FN3O. The van der Waals surface area contributed by atoms with Gasteiger partial charge in [0.2, 0.25) is 0 Å². The average Bonchev–Trinajstić information content (AvgIpc) is 2.55. The normalized spacial score (nSPS) is 16.3. The molecule has 0 radical (unpaired) electrons. The Labute approximate surface area is 138 Å². The van der Waals surface area contributed by atoms with Crippen molar-refractivity contribution in [2.24, 2.45) is 5.92 Å². The molecule has 2 amide bonds. The number of benzene rings is 1. The Kier molecular flexibility index (Phi) is 7.33. The molecular weight excluding hydrogens is 293 g/mol. The van der Waals surface area contributed by atoms with E-state index >= 15 is 0 Å². The van der Waals surface area contributed by atoms with E-state index in [1.807, 2.05) is 0 Å². The van der Waals surface area contributed by atoms with Crippen molar-refractivity contribution in [2.45, 2.75) is 39.2 Å². The quantitative estimate of drug-likeness (QED) is 0.758. The van der Waals surface area contributed by atoms with Gasteiger partial charge in [0.05, 0.1) is 0 Å². The second-order valence-corrected chi connectivity index (χ2v) is 6.43. The second kappa shape index (κ2) is 9.50. The molecule has 0 aromatic heterocycles. The molecule has 5 heteroatoms. The Morgan fingerprint density at radius 3 is 2.70 bits per heavy atom. The maximum atomic E-state index is 13.4. The van der Waals surface area contributed by atoms with Crippen LogP contribution in [0.2, 0.25) is 0 Å². The number of piperidine rings is 1. The van der Waals surface area contributed by atoms with Crippen molar-refractivity contribution in [1.82, 2.24) is 15.5 Å². The smallest absolute Gasteiger partial charge is 0.315 e. The van der Waals surface area contributed by atoms with Gasteiger partial charge in [0.1, 0.15) is 5.82 Å². The molecule has 0 bridgehead atoms. The van der Waals surface area contributed by atoms with Gasteiger partial charge < -0.3 is 15.5 Å². The van der Waals surface area contributed by atoms with E-state index in [4.69, 9.17) is 0 Å².